The van der Waals surface area contributed by atoms with Crippen LogP contribution in [-0.4, -0.2) is 15.8 Å². The van der Waals surface area contributed by atoms with Gasteiger partial charge in [-0.3, -0.25) is 4.68 Å². The molecule has 0 aliphatic carbocycles. The summed E-state index contributed by atoms with van der Waals surface area (Å²) in [6.45, 7) is 0. The lowest BCUT2D eigenvalue weighted by Crippen LogP contribution is -2.18. The van der Waals surface area contributed by atoms with Gasteiger partial charge in [0.25, 0.3) is 0 Å². The van der Waals surface area contributed by atoms with Crippen molar-refractivity contribution in [3.8, 4) is 0 Å². The predicted molar refractivity (Wildman–Crippen MR) is 36.4 cm³/mol. The van der Waals surface area contributed by atoms with E-state index in [0.717, 1.165) is 0 Å². The zero-order valence-electron chi connectivity index (χ0n) is 5.53. The first-order chi connectivity index (χ1) is 4.68. The monoisotopic (exact) mass is 140 g/mol. The maximum absolute atomic E-state index is 10.3. The highest BCUT2D eigenvalue weighted by atomic mass is 16.2. The number of primary amides is 1. The van der Waals surface area contributed by atoms with E-state index in [2.05, 4.69) is 10.4 Å². The molecule has 3 N–H and O–H groups in total. The van der Waals surface area contributed by atoms with Gasteiger partial charge in [-0.25, -0.2) is 4.79 Å². The van der Waals surface area contributed by atoms with Crippen LogP contribution in [0.4, 0.5) is 10.5 Å². The van der Waals surface area contributed by atoms with Crippen LogP contribution in [0, 0.1) is 0 Å². The first-order valence-corrected chi connectivity index (χ1v) is 2.73. The summed E-state index contributed by atoms with van der Waals surface area (Å²) in [6, 6.07) is -0.576. The molecule has 54 valence electrons. The van der Waals surface area contributed by atoms with Crippen LogP contribution in [0.15, 0.2) is 12.4 Å². The Morgan fingerprint density at radius 2 is 2.60 bits per heavy atom. The molecule has 1 rings (SSSR count). The van der Waals surface area contributed by atoms with E-state index in [4.69, 9.17) is 5.73 Å². The van der Waals surface area contributed by atoms with Crippen molar-refractivity contribution < 1.29 is 4.79 Å². The normalized spacial score (nSPS) is 9.30. The molecule has 5 nitrogen and oxygen atoms in total. The SMILES string of the molecule is Cn1cc(NC(N)=O)cn1. The third-order valence-electron chi connectivity index (χ3n) is 0.972. The van der Waals surface area contributed by atoms with Gasteiger partial charge < -0.3 is 11.1 Å². The van der Waals surface area contributed by atoms with Crippen molar-refractivity contribution in [2.75, 3.05) is 5.32 Å². The Morgan fingerprint density at radius 3 is 3.00 bits per heavy atom. The Morgan fingerprint density at radius 1 is 1.90 bits per heavy atom. The summed E-state index contributed by atoms with van der Waals surface area (Å²) in [5.74, 6) is 0. The largest absolute Gasteiger partial charge is 0.351 e. The van der Waals surface area contributed by atoms with Crippen molar-refractivity contribution >= 4 is 11.7 Å². The molecule has 0 bridgehead atoms. The summed E-state index contributed by atoms with van der Waals surface area (Å²) in [7, 11) is 1.76. The van der Waals surface area contributed by atoms with E-state index >= 15 is 0 Å². The fourth-order valence-corrected chi connectivity index (χ4v) is 0.628. The van der Waals surface area contributed by atoms with Crippen molar-refractivity contribution in [3.63, 3.8) is 0 Å². The van der Waals surface area contributed by atoms with E-state index in [0.29, 0.717) is 5.69 Å². The zero-order chi connectivity index (χ0) is 7.56. The summed E-state index contributed by atoms with van der Waals surface area (Å²) in [5.41, 5.74) is 5.45. The maximum atomic E-state index is 10.3. The number of hydrogen-bond donors (Lipinski definition) is 2. The van der Waals surface area contributed by atoms with E-state index < -0.39 is 6.03 Å². The Balaban J connectivity index is 2.67. The number of nitrogens with zero attached hydrogens (tertiary/aromatic N) is 2. The van der Waals surface area contributed by atoms with Gasteiger partial charge in [-0.15, -0.1) is 0 Å². The number of nitrogens with two attached hydrogens (primary N) is 1. The number of hydrogen-bond acceptors (Lipinski definition) is 2. The van der Waals surface area contributed by atoms with Crippen molar-refractivity contribution in [1.82, 2.24) is 9.78 Å². The fourth-order valence-electron chi connectivity index (χ4n) is 0.628. The van der Waals surface area contributed by atoms with Gasteiger partial charge in [-0.05, 0) is 0 Å². The highest BCUT2D eigenvalue weighted by Gasteiger charge is 1.95. The Hall–Kier alpha value is -1.52. The second-order valence-electron chi connectivity index (χ2n) is 1.89. The number of carbonyl (C=O) groups is 1. The molecule has 0 aromatic carbocycles. The molecule has 0 radical (unpaired) electrons. The third-order valence-corrected chi connectivity index (χ3v) is 0.972. The number of amides is 2. The van der Waals surface area contributed by atoms with Gasteiger partial charge in [-0.2, -0.15) is 5.10 Å². The Labute approximate surface area is 57.8 Å². The minimum Gasteiger partial charge on any atom is -0.351 e. The minimum atomic E-state index is -0.576. The van der Waals surface area contributed by atoms with Crippen LogP contribution < -0.4 is 11.1 Å². The van der Waals surface area contributed by atoms with Crippen LogP contribution in [0.5, 0.6) is 0 Å². The van der Waals surface area contributed by atoms with Gasteiger partial charge >= 0.3 is 6.03 Å². The van der Waals surface area contributed by atoms with E-state index in [-0.39, 0.29) is 0 Å². The summed E-state index contributed by atoms with van der Waals surface area (Å²) in [5, 5.41) is 6.20. The Kier molecular flexibility index (Phi) is 1.57. The first kappa shape index (κ1) is 6.60. The highest BCUT2D eigenvalue weighted by Crippen LogP contribution is 2.01. The molecule has 0 spiro atoms. The van der Waals surface area contributed by atoms with Gasteiger partial charge in [0.1, 0.15) is 0 Å². The summed E-state index contributed by atoms with van der Waals surface area (Å²) >= 11 is 0. The number of aryl methyl sites for hydroxylation is 1. The van der Waals surface area contributed by atoms with Crippen LogP contribution >= 0.6 is 0 Å². The number of urea groups is 1. The molecular formula is C5H8N4O. The molecule has 0 aliphatic heterocycles. The average molecular weight is 140 g/mol. The quantitative estimate of drug-likeness (QED) is 0.572. The Bertz CT molecular complexity index is 242. The third kappa shape index (κ3) is 1.48. The number of aromatic nitrogens is 2. The van der Waals surface area contributed by atoms with Crippen molar-refractivity contribution in [2.24, 2.45) is 12.8 Å². The summed E-state index contributed by atoms with van der Waals surface area (Å²) in [6.07, 6.45) is 3.18. The molecule has 5 heteroatoms. The molecule has 1 aromatic rings. The number of rotatable bonds is 1. The molecule has 0 saturated carbocycles. The van der Waals surface area contributed by atoms with Gasteiger partial charge in [0, 0.05) is 13.2 Å². The average Bonchev–Trinajstić information content (AvgIpc) is 2.13. The smallest absolute Gasteiger partial charge is 0.316 e. The summed E-state index contributed by atoms with van der Waals surface area (Å²) < 4.78 is 1.57. The second kappa shape index (κ2) is 2.38. The molecule has 0 atom stereocenters. The van der Waals surface area contributed by atoms with E-state index in [1.807, 2.05) is 0 Å². The van der Waals surface area contributed by atoms with Gasteiger partial charge in [0.2, 0.25) is 0 Å². The molecule has 10 heavy (non-hydrogen) atoms. The first-order valence-electron chi connectivity index (χ1n) is 2.73. The van der Waals surface area contributed by atoms with Crippen LogP contribution in [-0.2, 0) is 7.05 Å². The number of anilines is 1. The zero-order valence-corrected chi connectivity index (χ0v) is 5.53. The molecule has 0 aliphatic rings. The number of carbonyl (C=O) groups excluding carboxylic acids is 1. The van der Waals surface area contributed by atoms with Crippen molar-refractivity contribution in [3.05, 3.63) is 12.4 Å². The van der Waals surface area contributed by atoms with Crippen LogP contribution in [0.2, 0.25) is 0 Å². The van der Waals surface area contributed by atoms with Gasteiger partial charge in [0.15, 0.2) is 0 Å². The molecule has 0 fully saturated rings. The molecule has 2 amide bonds. The molecule has 1 heterocycles. The van der Waals surface area contributed by atoms with Gasteiger partial charge in [-0.1, -0.05) is 0 Å². The second-order valence-corrected chi connectivity index (χ2v) is 1.89. The molecule has 1 aromatic heterocycles. The lowest BCUT2D eigenvalue weighted by atomic mass is 10.6. The topological polar surface area (TPSA) is 72.9 Å². The maximum Gasteiger partial charge on any atom is 0.316 e. The van der Waals surface area contributed by atoms with Gasteiger partial charge in [0.05, 0.1) is 11.9 Å². The van der Waals surface area contributed by atoms with E-state index in [1.165, 1.54) is 6.20 Å². The predicted octanol–water partition coefficient (Wildman–Crippen LogP) is -0.0893. The lowest BCUT2D eigenvalue weighted by Gasteiger charge is -1.92. The molecule has 0 unspecified atom stereocenters. The number of nitrogens with one attached hydrogen (secondary N) is 1. The van der Waals surface area contributed by atoms with Crippen LogP contribution in [0.3, 0.4) is 0 Å². The van der Waals surface area contributed by atoms with E-state index in [1.54, 1.807) is 17.9 Å². The molecule has 0 saturated heterocycles. The highest BCUT2D eigenvalue weighted by molar-refractivity contribution is 5.87. The molecular weight excluding hydrogens is 132 g/mol. The van der Waals surface area contributed by atoms with Crippen LogP contribution in [0.1, 0.15) is 0 Å². The van der Waals surface area contributed by atoms with Crippen molar-refractivity contribution in [2.45, 2.75) is 0 Å². The standard InChI is InChI=1S/C5H8N4O/c1-9-3-4(2-7-9)8-5(6)10/h2-3H,1H3,(H3,6,8,10). The van der Waals surface area contributed by atoms with Crippen molar-refractivity contribution in [1.29, 1.82) is 0 Å². The van der Waals surface area contributed by atoms with Crippen LogP contribution in [0.25, 0.3) is 0 Å². The minimum absolute atomic E-state index is 0.576. The fraction of sp³-hybridized carbons (Fsp3) is 0.200. The summed E-state index contributed by atoms with van der Waals surface area (Å²) in [4.78, 5) is 10.3. The lowest BCUT2D eigenvalue weighted by molar-refractivity contribution is 0.259. The van der Waals surface area contributed by atoms with E-state index in [9.17, 15) is 4.79 Å².